The van der Waals surface area contributed by atoms with Crippen molar-refractivity contribution >= 4 is 5.97 Å². The minimum atomic E-state index is -0.536. The van der Waals surface area contributed by atoms with Crippen LogP contribution in [0.25, 0.3) is 0 Å². The van der Waals surface area contributed by atoms with Gasteiger partial charge in [0.05, 0.1) is 5.92 Å². The number of hydrogen-bond donors (Lipinski definition) is 1. The summed E-state index contributed by atoms with van der Waals surface area (Å²) in [6.45, 7) is 9.28. The molecule has 3 aliphatic carbocycles. The quantitative estimate of drug-likeness (QED) is 0.765. The normalized spacial score (nSPS) is 53.2. The van der Waals surface area contributed by atoms with Gasteiger partial charge in [-0.15, -0.1) is 0 Å². The summed E-state index contributed by atoms with van der Waals surface area (Å²) in [4.78, 5) is 11.9. The fourth-order valence-corrected chi connectivity index (χ4v) is 6.17. The maximum Gasteiger partial charge on any atom is 0.307 e. The van der Waals surface area contributed by atoms with E-state index < -0.39 is 5.97 Å². The lowest BCUT2D eigenvalue weighted by atomic mass is 9.58. The van der Waals surface area contributed by atoms with Crippen LogP contribution in [0.15, 0.2) is 0 Å². The third kappa shape index (κ3) is 1.18. The van der Waals surface area contributed by atoms with Crippen LogP contribution in [0.1, 0.15) is 59.8 Å². The Kier molecular flexibility index (Phi) is 2.30. The molecule has 0 spiro atoms. The minimum absolute atomic E-state index is 0.0336. The van der Waals surface area contributed by atoms with Gasteiger partial charge in [-0.1, -0.05) is 34.1 Å². The molecule has 0 aromatic carbocycles. The second kappa shape index (κ2) is 3.32. The summed E-state index contributed by atoms with van der Waals surface area (Å²) in [6.07, 6.45) is 6.09. The van der Waals surface area contributed by atoms with Gasteiger partial charge in [0.1, 0.15) is 0 Å². The molecule has 102 valence electrons. The average Bonchev–Trinajstić information content (AvgIpc) is 2.55. The molecule has 2 heteroatoms. The number of hydrogen-bond acceptors (Lipinski definition) is 1. The second-order valence-electron chi connectivity index (χ2n) is 8.16. The van der Waals surface area contributed by atoms with E-state index in [9.17, 15) is 9.90 Å². The number of carboxylic acids is 1. The maximum atomic E-state index is 11.9. The molecule has 1 N–H and O–H groups in total. The molecular formula is C16H26O2. The van der Waals surface area contributed by atoms with Crippen LogP contribution in [0.3, 0.4) is 0 Å². The van der Waals surface area contributed by atoms with E-state index in [1.54, 1.807) is 0 Å². The molecule has 3 saturated carbocycles. The van der Waals surface area contributed by atoms with Gasteiger partial charge in [0.25, 0.3) is 0 Å². The van der Waals surface area contributed by atoms with Crippen LogP contribution in [0.4, 0.5) is 0 Å². The Labute approximate surface area is 110 Å². The van der Waals surface area contributed by atoms with Crippen molar-refractivity contribution in [2.24, 2.45) is 34.0 Å². The molecule has 0 aromatic heterocycles. The van der Waals surface area contributed by atoms with E-state index in [4.69, 9.17) is 0 Å². The van der Waals surface area contributed by atoms with Gasteiger partial charge < -0.3 is 5.11 Å². The SMILES string of the molecule is CC1(C)CCC[C@@]2(C)[C@@H]3CC[C@@]2(C)[C@@H](C(=O)O)[C@@H]31. The number of carbonyl (C=O) groups is 1. The van der Waals surface area contributed by atoms with Crippen LogP contribution in [0.5, 0.6) is 0 Å². The van der Waals surface area contributed by atoms with Gasteiger partial charge in [-0.25, -0.2) is 0 Å². The van der Waals surface area contributed by atoms with E-state index >= 15 is 0 Å². The molecule has 0 unspecified atom stereocenters. The van der Waals surface area contributed by atoms with Gasteiger partial charge in [-0.2, -0.15) is 0 Å². The molecule has 0 amide bonds. The molecule has 3 fully saturated rings. The highest BCUT2D eigenvalue weighted by molar-refractivity contribution is 5.73. The zero-order chi connectivity index (χ0) is 13.3. The van der Waals surface area contributed by atoms with Crippen molar-refractivity contribution in [2.45, 2.75) is 59.8 Å². The lowest BCUT2D eigenvalue weighted by Crippen LogP contribution is -2.44. The Morgan fingerprint density at radius 3 is 2.33 bits per heavy atom. The van der Waals surface area contributed by atoms with Crippen molar-refractivity contribution in [3.8, 4) is 0 Å². The predicted molar refractivity (Wildman–Crippen MR) is 71.2 cm³/mol. The van der Waals surface area contributed by atoms with Gasteiger partial charge in [0, 0.05) is 0 Å². The lowest BCUT2D eigenvalue weighted by molar-refractivity contribution is -0.152. The smallest absolute Gasteiger partial charge is 0.307 e. The van der Waals surface area contributed by atoms with Gasteiger partial charge >= 0.3 is 5.97 Å². The second-order valence-corrected chi connectivity index (χ2v) is 8.16. The summed E-state index contributed by atoms with van der Waals surface area (Å²) in [6, 6.07) is 0. The summed E-state index contributed by atoms with van der Waals surface area (Å²) in [5, 5.41) is 9.79. The maximum absolute atomic E-state index is 11.9. The average molecular weight is 250 g/mol. The highest BCUT2D eigenvalue weighted by Crippen LogP contribution is 2.76. The van der Waals surface area contributed by atoms with E-state index in [-0.39, 0.29) is 22.2 Å². The summed E-state index contributed by atoms with van der Waals surface area (Å²) in [5.41, 5.74) is 0.504. The van der Waals surface area contributed by atoms with Crippen molar-refractivity contribution < 1.29 is 9.90 Å². The van der Waals surface area contributed by atoms with E-state index in [1.165, 1.54) is 25.7 Å². The zero-order valence-electron chi connectivity index (χ0n) is 12.1. The van der Waals surface area contributed by atoms with E-state index in [0.29, 0.717) is 11.8 Å². The Bertz CT molecular complexity index is 400. The van der Waals surface area contributed by atoms with Crippen LogP contribution >= 0.6 is 0 Å². The molecule has 18 heavy (non-hydrogen) atoms. The van der Waals surface area contributed by atoms with Crippen molar-refractivity contribution in [1.82, 2.24) is 0 Å². The topological polar surface area (TPSA) is 37.3 Å². The number of rotatable bonds is 1. The van der Waals surface area contributed by atoms with Gasteiger partial charge in [-0.3, -0.25) is 4.79 Å². The summed E-state index contributed by atoms with van der Waals surface area (Å²) in [7, 11) is 0. The predicted octanol–water partition coefficient (Wildman–Crippen LogP) is 3.95. The van der Waals surface area contributed by atoms with Crippen LogP contribution in [0, 0.1) is 34.0 Å². The number of carboxylic acid groups (broad SMARTS) is 1. The first-order valence-electron chi connectivity index (χ1n) is 7.47. The molecule has 5 atom stereocenters. The largest absolute Gasteiger partial charge is 0.481 e. The Morgan fingerprint density at radius 1 is 1.06 bits per heavy atom. The van der Waals surface area contributed by atoms with Gasteiger partial charge in [0.15, 0.2) is 0 Å². The first-order chi connectivity index (χ1) is 8.24. The zero-order valence-corrected chi connectivity index (χ0v) is 12.1. The van der Waals surface area contributed by atoms with E-state index in [1.807, 2.05) is 0 Å². The van der Waals surface area contributed by atoms with Crippen LogP contribution < -0.4 is 0 Å². The van der Waals surface area contributed by atoms with Crippen molar-refractivity contribution in [3.63, 3.8) is 0 Å². The molecule has 2 nitrogen and oxygen atoms in total. The molecule has 4 bridgehead atoms. The van der Waals surface area contributed by atoms with Crippen LogP contribution in [-0.2, 0) is 4.79 Å². The Hall–Kier alpha value is -0.530. The lowest BCUT2D eigenvalue weighted by Gasteiger charge is -2.45. The van der Waals surface area contributed by atoms with Crippen molar-refractivity contribution in [3.05, 3.63) is 0 Å². The number of aliphatic carboxylic acids is 1. The van der Waals surface area contributed by atoms with Gasteiger partial charge in [-0.05, 0) is 53.8 Å². The fraction of sp³-hybridized carbons (Fsp3) is 0.938. The minimum Gasteiger partial charge on any atom is -0.481 e. The van der Waals surface area contributed by atoms with E-state index in [2.05, 4.69) is 27.7 Å². The highest BCUT2D eigenvalue weighted by Gasteiger charge is 2.72. The first-order valence-corrected chi connectivity index (χ1v) is 7.47. The van der Waals surface area contributed by atoms with Crippen molar-refractivity contribution in [2.75, 3.05) is 0 Å². The third-order valence-corrected chi connectivity index (χ3v) is 7.26. The van der Waals surface area contributed by atoms with Crippen LogP contribution in [-0.4, -0.2) is 11.1 Å². The molecule has 0 aromatic rings. The van der Waals surface area contributed by atoms with E-state index in [0.717, 1.165) is 6.42 Å². The van der Waals surface area contributed by atoms with Gasteiger partial charge in [0.2, 0.25) is 0 Å². The third-order valence-electron chi connectivity index (χ3n) is 7.26. The van der Waals surface area contributed by atoms with Crippen LogP contribution in [0.2, 0.25) is 0 Å². The molecule has 0 radical (unpaired) electrons. The molecule has 0 aliphatic heterocycles. The molecule has 0 heterocycles. The molecule has 3 aliphatic rings. The molecular weight excluding hydrogens is 224 g/mol. The highest BCUT2D eigenvalue weighted by atomic mass is 16.4. The summed E-state index contributed by atoms with van der Waals surface area (Å²) < 4.78 is 0. The van der Waals surface area contributed by atoms with Crippen molar-refractivity contribution in [1.29, 1.82) is 0 Å². The summed E-state index contributed by atoms with van der Waals surface area (Å²) in [5.74, 6) is 0.379. The summed E-state index contributed by atoms with van der Waals surface area (Å²) >= 11 is 0. The first kappa shape index (κ1) is 12.5. The Balaban J connectivity index is 2.17. The fourth-order valence-electron chi connectivity index (χ4n) is 6.17. The standard InChI is InChI=1S/C16H26O2/c1-14(2)7-5-8-15(3)10-6-9-16(15,4)12(11(10)14)13(17)18/h10-12H,5-9H2,1-4H3,(H,17,18)/t10-,11-,12-,15+,16+/m1/s1. The molecule has 0 saturated heterocycles. The molecule has 3 rings (SSSR count). The monoisotopic (exact) mass is 250 g/mol. The Morgan fingerprint density at radius 2 is 1.72 bits per heavy atom.